The van der Waals surface area contributed by atoms with Crippen molar-refractivity contribution in [3.63, 3.8) is 0 Å². The lowest BCUT2D eigenvalue weighted by molar-refractivity contribution is -0.121. The van der Waals surface area contributed by atoms with E-state index in [4.69, 9.17) is 4.98 Å². The number of pyridine rings is 1. The lowest BCUT2D eigenvalue weighted by Crippen LogP contribution is -2.27. The number of aromatic nitrogens is 3. The van der Waals surface area contributed by atoms with Gasteiger partial charge in [-0.25, -0.2) is 9.97 Å². The molecular weight excluding hydrogens is 326 g/mol. The summed E-state index contributed by atoms with van der Waals surface area (Å²) < 4.78 is 2.07. The summed E-state index contributed by atoms with van der Waals surface area (Å²) in [6.45, 7) is 0.797. The van der Waals surface area contributed by atoms with E-state index in [-0.39, 0.29) is 5.91 Å². The van der Waals surface area contributed by atoms with E-state index in [1.54, 1.807) is 6.20 Å². The number of carbonyl (C=O) groups excluding carboxylic acids is 1. The van der Waals surface area contributed by atoms with Crippen LogP contribution in [0.3, 0.4) is 0 Å². The second kappa shape index (κ2) is 6.78. The van der Waals surface area contributed by atoms with Crippen LogP contribution < -0.4 is 10.2 Å². The van der Waals surface area contributed by atoms with Crippen LogP contribution in [0.2, 0.25) is 0 Å². The molecule has 1 aliphatic carbocycles. The Morgan fingerprint density at radius 2 is 2.08 bits per heavy atom. The van der Waals surface area contributed by atoms with Crippen molar-refractivity contribution in [3.8, 4) is 0 Å². The lowest BCUT2D eigenvalue weighted by atomic mass is 10.2. The van der Waals surface area contributed by atoms with Crippen molar-refractivity contribution in [2.45, 2.75) is 31.8 Å². The molecule has 0 saturated heterocycles. The molecule has 3 aromatic rings. The van der Waals surface area contributed by atoms with Crippen molar-refractivity contribution in [1.82, 2.24) is 19.9 Å². The fraction of sp³-hybridized carbons (Fsp3) is 0.350. The average Bonchev–Trinajstić information content (AvgIpc) is 3.43. The zero-order valence-corrected chi connectivity index (χ0v) is 15.1. The molecule has 4 rings (SSSR count). The molecule has 1 aromatic carbocycles. The topological polar surface area (TPSA) is 63.1 Å². The van der Waals surface area contributed by atoms with E-state index in [0.29, 0.717) is 19.0 Å². The first-order valence-electron chi connectivity index (χ1n) is 8.96. The number of nitrogens with one attached hydrogen (secondary N) is 1. The number of imidazole rings is 1. The van der Waals surface area contributed by atoms with Gasteiger partial charge in [0, 0.05) is 32.8 Å². The maximum atomic E-state index is 12.6. The number of hydrogen-bond acceptors (Lipinski definition) is 4. The Morgan fingerprint density at radius 3 is 2.85 bits per heavy atom. The molecule has 0 aliphatic heterocycles. The van der Waals surface area contributed by atoms with Crippen LogP contribution in [0.25, 0.3) is 11.0 Å². The Kier molecular flexibility index (Phi) is 4.32. The van der Waals surface area contributed by atoms with Crippen LogP contribution in [-0.2, 0) is 17.9 Å². The Labute approximate surface area is 152 Å². The van der Waals surface area contributed by atoms with Gasteiger partial charge < -0.3 is 14.8 Å². The van der Waals surface area contributed by atoms with Gasteiger partial charge in [0.2, 0.25) is 5.91 Å². The highest BCUT2D eigenvalue weighted by atomic mass is 16.1. The van der Waals surface area contributed by atoms with Crippen molar-refractivity contribution >= 4 is 22.8 Å². The van der Waals surface area contributed by atoms with Gasteiger partial charge in [0.25, 0.3) is 0 Å². The fourth-order valence-electron chi connectivity index (χ4n) is 3.13. The molecule has 1 aliphatic rings. The van der Waals surface area contributed by atoms with E-state index in [2.05, 4.69) is 14.9 Å². The van der Waals surface area contributed by atoms with Crippen molar-refractivity contribution in [2.75, 3.05) is 19.0 Å². The Morgan fingerprint density at radius 1 is 1.27 bits per heavy atom. The molecule has 6 heteroatoms. The van der Waals surface area contributed by atoms with E-state index in [1.165, 1.54) is 0 Å². The number of benzene rings is 1. The first-order chi connectivity index (χ1) is 12.6. The van der Waals surface area contributed by atoms with E-state index in [1.807, 2.05) is 55.4 Å². The minimum atomic E-state index is -0.00160. The van der Waals surface area contributed by atoms with Crippen molar-refractivity contribution in [3.05, 3.63) is 54.0 Å². The predicted molar refractivity (Wildman–Crippen MR) is 102 cm³/mol. The number of fused-ring (bicyclic) bond motifs is 1. The van der Waals surface area contributed by atoms with E-state index in [9.17, 15) is 4.79 Å². The zero-order valence-electron chi connectivity index (χ0n) is 15.1. The summed E-state index contributed by atoms with van der Waals surface area (Å²) in [6.07, 6.45) is 4.09. The molecule has 2 aromatic heterocycles. The molecule has 134 valence electrons. The van der Waals surface area contributed by atoms with Crippen molar-refractivity contribution in [2.24, 2.45) is 0 Å². The van der Waals surface area contributed by atoms with Gasteiger partial charge in [-0.15, -0.1) is 0 Å². The maximum Gasteiger partial charge on any atom is 0.240 e. The van der Waals surface area contributed by atoms with Gasteiger partial charge in [-0.2, -0.15) is 0 Å². The molecule has 6 nitrogen and oxygen atoms in total. The number of rotatable bonds is 6. The maximum absolute atomic E-state index is 12.6. The van der Waals surface area contributed by atoms with Crippen LogP contribution >= 0.6 is 0 Å². The van der Waals surface area contributed by atoms with E-state index in [0.717, 1.165) is 41.1 Å². The Bertz CT molecular complexity index is 942. The van der Waals surface area contributed by atoms with E-state index >= 15 is 0 Å². The molecule has 1 saturated carbocycles. The second-order valence-electron chi connectivity index (χ2n) is 7.01. The first kappa shape index (κ1) is 16.6. The zero-order chi connectivity index (χ0) is 18.1. The molecule has 1 fully saturated rings. The largest absolute Gasteiger partial charge is 0.363 e. The third-order valence-electron chi connectivity index (χ3n) is 4.69. The number of carbonyl (C=O) groups is 1. The van der Waals surface area contributed by atoms with Gasteiger partial charge in [-0.3, -0.25) is 4.79 Å². The summed E-state index contributed by atoms with van der Waals surface area (Å²) in [5, 5.41) is 3.02. The molecule has 1 N–H and O–H groups in total. The normalized spacial score (nSPS) is 13.8. The van der Waals surface area contributed by atoms with Crippen molar-refractivity contribution in [1.29, 1.82) is 0 Å². The second-order valence-corrected chi connectivity index (χ2v) is 7.01. The standard InChI is InChI=1S/C20H23N5O/c1-24(2)18-11-14(9-10-21-18)12-22-19(26)13-25-17-6-4-3-5-16(17)23-20(25)15-7-8-15/h3-6,9-11,15H,7-8,12-13H2,1-2H3,(H,22,26). The van der Waals surface area contributed by atoms with Crippen molar-refractivity contribution < 1.29 is 4.79 Å². The monoisotopic (exact) mass is 349 g/mol. The molecule has 1 amide bonds. The smallest absolute Gasteiger partial charge is 0.240 e. The van der Waals surface area contributed by atoms with E-state index < -0.39 is 0 Å². The molecule has 26 heavy (non-hydrogen) atoms. The Hall–Kier alpha value is -2.89. The summed E-state index contributed by atoms with van der Waals surface area (Å²) in [5.74, 6) is 2.42. The summed E-state index contributed by atoms with van der Waals surface area (Å²) in [4.78, 5) is 23.6. The Balaban J connectivity index is 1.48. The highest BCUT2D eigenvalue weighted by Gasteiger charge is 2.30. The number of amides is 1. The number of nitrogens with zero attached hydrogens (tertiary/aromatic N) is 4. The SMILES string of the molecule is CN(C)c1cc(CNC(=O)Cn2c(C3CC3)nc3ccccc32)ccn1. The summed E-state index contributed by atoms with van der Waals surface area (Å²) in [6, 6.07) is 11.9. The summed E-state index contributed by atoms with van der Waals surface area (Å²) in [5.41, 5.74) is 3.03. The van der Waals surface area contributed by atoms with Crippen LogP contribution in [0.4, 0.5) is 5.82 Å². The summed E-state index contributed by atoms with van der Waals surface area (Å²) in [7, 11) is 3.91. The molecular formula is C20H23N5O. The highest BCUT2D eigenvalue weighted by Crippen LogP contribution is 2.40. The van der Waals surface area contributed by atoms with Gasteiger partial charge in [-0.1, -0.05) is 12.1 Å². The molecule has 2 heterocycles. The molecule has 0 atom stereocenters. The number of para-hydroxylation sites is 2. The van der Waals surface area contributed by atoms with Crippen LogP contribution in [0, 0.1) is 0 Å². The lowest BCUT2D eigenvalue weighted by Gasteiger charge is -2.13. The molecule has 0 radical (unpaired) electrons. The van der Waals surface area contributed by atoms with Gasteiger partial charge in [0.05, 0.1) is 11.0 Å². The third kappa shape index (κ3) is 3.40. The van der Waals surface area contributed by atoms with Gasteiger partial charge in [-0.05, 0) is 42.7 Å². The van der Waals surface area contributed by atoms with Gasteiger partial charge in [0.15, 0.2) is 0 Å². The van der Waals surface area contributed by atoms with Crippen LogP contribution in [0.5, 0.6) is 0 Å². The third-order valence-corrected chi connectivity index (χ3v) is 4.69. The number of hydrogen-bond donors (Lipinski definition) is 1. The van der Waals surface area contributed by atoms with Crippen LogP contribution in [-0.4, -0.2) is 34.5 Å². The molecule has 0 spiro atoms. The van der Waals surface area contributed by atoms with Crippen LogP contribution in [0.1, 0.15) is 30.1 Å². The fourth-order valence-corrected chi connectivity index (χ4v) is 3.13. The average molecular weight is 349 g/mol. The minimum absolute atomic E-state index is 0.00160. The first-order valence-corrected chi connectivity index (χ1v) is 8.96. The summed E-state index contributed by atoms with van der Waals surface area (Å²) >= 11 is 0. The predicted octanol–water partition coefficient (Wildman–Crippen LogP) is 2.69. The minimum Gasteiger partial charge on any atom is -0.363 e. The van der Waals surface area contributed by atoms with Gasteiger partial charge >= 0.3 is 0 Å². The van der Waals surface area contributed by atoms with Gasteiger partial charge in [0.1, 0.15) is 18.2 Å². The molecule has 0 unspecified atom stereocenters. The quantitative estimate of drug-likeness (QED) is 0.743. The van der Waals surface area contributed by atoms with Crippen LogP contribution in [0.15, 0.2) is 42.6 Å². The molecule has 0 bridgehead atoms. The highest BCUT2D eigenvalue weighted by molar-refractivity contribution is 5.81. The number of anilines is 1.